The maximum Gasteiger partial charge on any atom is 0.251 e. The zero-order valence-electron chi connectivity index (χ0n) is 18.2. The van der Waals surface area contributed by atoms with Gasteiger partial charge in [0.1, 0.15) is 11.5 Å². The predicted molar refractivity (Wildman–Crippen MR) is 118 cm³/mol. The molecule has 2 aromatic carbocycles. The van der Waals surface area contributed by atoms with Crippen LogP contribution in [0.3, 0.4) is 0 Å². The smallest absolute Gasteiger partial charge is 0.251 e. The van der Waals surface area contributed by atoms with Gasteiger partial charge in [0.25, 0.3) is 5.91 Å². The van der Waals surface area contributed by atoms with Gasteiger partial charge in [-0.15, -0.1) is 0 Å². The van der Waals surface area contributed by atoms with Crippen molar-refractivity contribution in [2.45, 2.75) is 20.3 Å². The van der Waals surface area contributed by atoms with E-state index >= 15 is 0 Å². The number of methoxy groups -OCH3 is 2. The lowest BCUT2D eigenvalue weighted by Crippen LogP contribution is -2.34. The lowest BCUT2D eigenvalue weighted by molar-refractivity contribution is -0.115. The molecule has 0 spiro atoms. The Morgan fingerprint density at radius 2 is 1.67 bits per heavy atom. The summed E-state index contributed by atoms with van der Waals surface area (Å²) in [5, 5.41) is 5.77. The highest BCUT2D eigenvalue weighted by atomic mass is 16.5. The maximum atomic E-state index is 12.4. The second kappa shape index (κ2) is 11.8. The largest absolute Gasteiger partial charge is 0.497 e. The van der Waals surface area contributed by atoms with Gasteiger partial charge in [0.15, 0.2) is 0 Å². The van der Waals surface area contributed by atoms with E-state index in [1.54, 1.807) is 50.6 Å². The Bertz CT molecular complexity index is 833. The molecule has 0 heterocycles. The highest BCUT2D eigenvalue weighted by Crippen LogP contribution is 2.25. The average Bonchev–Trinajstić information content (AvgIpc) is 2.77. The highest BCUT2D eigenvalue weighted by molar-refractivity contribution is 5.96. The van der Waals surface area contributed by atoms with Gasteiger partial charge in [-0.3, -0.25) is 9.59 Å². The molecule has 0 aliphatic rings. The van der Waals surface area contributed by atoms with E-state index in [1.165, 1.54) is 0 Å². The molecule has 0 saturated carbocycles. The summed E-state index contributed by atoms with van der Waals surface area (Å²) in [6, 6.07) is 12.2. The van der Waals surface area contributed by atoms with E-state index in [2.05, 4.69) is 29.4 Å². The number of nitrogens with one attached hydrogen (secondary N) is 2. The van der Waals surface area contributed by atoms with Crippen LogP contribution in [0.4, 0.5) is 5.69 Å². The molecule has 2 aromatic rings. The third-order valence-electron chi connectivity index (χ3n) is 4.88. The SMILES string of the molecule is CCN(CC)CCNC(=O)c1ccc(NC(=O)Cc2ccc(OC)cc2OC)cc1. The molecule has 2 N–H and O–H groups in total. The second-order valence-corrected chi connectivity index (χ2v) is 6.76. The molecular formula is C23H31N3O4. The van der Waals surface area contributed by atoms with Crippen LogP contribution < -0.4 is 20.1 Å². The van der Waals surface area contributed by atoms with Gasteiger partial charge < -0.3 is 25.0 Å². The predicted octanol–water partition coefficient (Wildman–Crippen LogP) is 2.96. The normalized spacial score (nSPS) is 10.6. The van der Waals surface area contributed by atoms with Crippen LogP contribution >= 0.6 is 0 Å². The molecule has 7 nitrogen and oxygen atoms in total. The first-order valence-electron chi connectivity index (χ1n) is 10.1. The zero-order valence-corrected chi connectivity index (χ0v) is 18.2. The van der Waals surface area contributed by atoms with E-state index in [1.807, 2.05) is 6.07 Å². The molecule has 2 rings (SSSR count). The van der Waals surface area contributed by atoms with Crippen molar-refractivity contribution in [2.75, 3.05) is 45.7 Å². The van der Waals surface area contributed by atoms with Crippen molar-refractivity contribution in [1.82, 2.24) is 10.2 Å². The van der Waals surface area contributed by atoms with Crippen molar-refractivity contribution >= 4 is 17.5 Å². The summed E-state index contributed by atoms with van der Waals surface area (Å²) in [4.78, 5) is 26.9. The van der Waals surface area contributed by atoms with E-state index in [-0.39, 0.29) is 18.2 Å². The van der Waals surface area contributed by atoms with E-state index < -0.39 is 0 Å². The summed E-state index contributed by atoms with van der Waals surface area (Å²) in [5.41, 5.74) is 1.96. The van der Waals surface area contributed by atoms with Crippen LogP contribution in [-0.2, 0) is 11.2 Å². The number of amides is 2. The number of carbonyl (C=O) groups is 2. The topological polar surface area (TPSA) is 79.9 Å². The Kier molecular flexibility index (Phi) is 9.15. The van der Waals surface area contributed by atoms with Gasteiger partial charge in [0, 0.05) is 36.0 Å². The molecule has 0 aliphatic carbocycles. The van der Waals surface area contributed by atoms with E-state index in [0.29, 0.717) is 29.3 Å². The van der Waals surface area contributed by atoms with Crippen LogP contribution in [0, 0.1) is 0 Å². The Balaban J connectivity index is 1.89. The molecule has 162 valence electrons. The van der Waals surface area contributed by atoms with Crippen LogP contribution in [-0.4, -0.2) is 57.1 Å². The number of nitrogens with zero attached hydrogens (tertiary/aromatic N) is 1. The number of carbonyl (C=O) groups excluding carboxylic acids is 2. The van der Waals surface area contributed by atoms with Crippen molar-refractivity contribution < 1.29 is 19.1 Å². The van der Waals surface area contributed by atoms with Crippen molar-refractivity contribution in [3.8, 4) is 11.5 Å². The van der Waals surface area contributed by atoms with Gasteiger partial charge in [-0.25, -0.2) is 0 Å². The number of hydrogen-bond donors (Lipinski definition) is 2. The number of likely N-dealkylation sites (N-methyl/N-ethyl adjacent to an activating group) is 1. The summed E-state index contributed by atoms with van der Waals surface area (Å²) < 4.78 is 10.5. The van der Waals surface area contributed by atoms with Gasteiger partial charge in [0.05, 0.1) is 20.6 Å². The Morgan fingerprint density at radius 1 is 0.967 bits per heavy atom. The Hall–Kier alpha value is -3.06. The molecule has 0 aromatic heterocycles. The third kappa shape index (κ3) is 6.77. The molecule has 0 radical (unpaired) electrons. The molecule has 7 heteroatoms. The molecule has 0 aliphatic heterocycles. The number of anilines is 1. The fraction of sp³-hybridized carbons (Fsp3) is 0.391. The Morgan fingerprint density at radius 3 is 2.27 bits per heavy atom. The van der Waals surface area contributed by atoms with Crippen molar-refractivity contribution in [3.63, 3.8) is 0 Å². The molecule has 30 heavy (non-hydrogen) atoms. The number of hydrogen-bond acceptors (Lipinski definition) is 5. The monoisotopic (exact) mass is 413 g/mol. The first-order valence-corrected chi connectivity index (χ1v) is 10.1. The summed E-state index contributed by atoms with van der Waals surface area (Å²) in [5.74, 6) is 0.973. The highest BCUT2D eigenvalue weighted by Gasteiger charge is 2.11. The maximum absolute atomic E-state index is 12.4. The van der Waals surface area contributed by atoms with Gasteiger partial charge in [-0.1, -0.05) is 19.9 Å². The van der Waals surface area contributed by atoms with Gasteiger partial charge in [-0.05, 0) is 43.4 Å². The lowest BCUT2D eigenvalue weighted by atomic mass is 10.1. The molecule has 2 amide bonds. The van der Waals surface area contributed by atoms with Crippen molar-refractivity contribution in [1.29, 1.82) is 0 Å². The van der Waals surface area contributed by atoms with Crippen LogP contribution in [0.15, 0.2) is 42.5 Å². The fourth-order valence-corrected chi connectivity index (χ4v) is 3.05. The number of benzene rings is 2. The Labute approximate surface area is 178 Å². The van der Waals surface area contributed by atoms with Crippen molar-refractivity contribution in [3.05, 3.63) is 53.6 Å². The van der Waals surface area contributed by atoms with Crippen LogP contribution in [0.5, 0.6) is 11.5 Å². The van der Waals surface area contributed by atoms with E-state index in [4.69, 9.17) is 9.47 Å². The van der Waals surface area contributed by atoms with Gasteiger partial charge in [0.2, 0.25) is 5.91 Å². The standard InChI is InChI=1S/C23H31N3O4/c1-5-26(6-2)14-13-24-23(28)17-7-10-19(11-8-17)25-22(27)15-18-9-12-20(29-3)16-21(18)30-4/h7-12,16H,5-6,13-15H2,1-4H3,(H,24,28)(H,25,27). The molecule has 0 unspecified atom stereocenters. The minimum absolute atomic E-state index is 0.122. The summed E-state index contributed by atoms with van der Waals surface area (Å²) in [6.45, 7) is 7.54. The number of ether oxygens (including phenoxy) is 2. The van der Waals surface area contributed by atoms with Crippen LogP contribution in [0.1, 0.15) is 29.8 Å². The molecule has 0 bridgehead atoms. The first kappa shape index (κ1) is 23.2. The third-order valence-corrected chi connectivity index (χ3v) is 4.88. The molecule has 0 saturated heterocycles. The summed E-state index contributed by atoms with van der Waals surface area (Å²) >= 11 is 0. The summed E-state index contributed by atoms with van der Waals surface area (Å²) in [7, 11) is 3.14. The average molecular weight is 414 g/mol. The summed E-state index contributed by atoms with van der Waals surface area (Å²) in [6.07, 6.45) is 0.167. The molecule has 0 fully saturated rings. The fourth-order valence-electron chi connectivity index (χ4n) is 3.05. The van der Waals surface area contributed by atoms with Crippen LogP contribution in [0.2, 0.25) is 0 Å². The quantitative estimate of drug-likeness (QED) is 0.592. The van der Waals surface area contributed by atoms with Crippen molar-refractivity contribution in [2.24, 2.45) is 0 Å². The minimum Gasteiger partial charge on any atom is -0.497 e. The first-order chi connectivity index (χ1) is 14.5. The van der Waals surface area contributed by atoms with Gasteiger partial charge in [-0.2, -0.15) is 0 Å². The minimum atomic E-state index is -0.171. The van der Waals surface area contributed by atoms with Gasteiger partial charge >= 0.3 is 0 Å². The van der Waals surface area contributed by atoms with Crippen LogP contribution in [0.25, 0.3) is 0 Å². The molecular weight excluding hydrogens is 382 g/mol. The van der Waals surface area contributed by atoms with E-state index in [9.17, 15) is 9.59 Å². The van der Waals surface area contributed by atoms with E-state index in [0.717, 1.165) is 25.2 Å². The lowest BCUT2D eigenvalue weighted by Gasteiger charge is -2.18. The molecule has 0 atom stereocenters. The number of rotatable bonds is 11. The zero-order chi connectivity index (χ0) is 21.9. The second-order valence-electron chi connectivity index (χ2n) is 6.76.